The van der Waals surface area contributed by atoms with E-state index in [1.165, 1.54) is 12.7 Å². The summed E-state index contributed by atoms with van der Waals surface area (Å²) in [5.41, 5.74) is 2.60. The molecular formula is C30H41FN4O4. The number of rotatable bonds is 16. The number of hydrogen-bond acceptors (Lipinski definition) is 6. The number of aryl methyl sites for hydroxylation is 2. The first kappa shape index (κ1) is 29.0. The van der Waals surface area contributed by atoms with Crippen molar-refractivity contribution >= 4 is 17.7 Å². The van der Waals surface area contributed by atoms with E-state index in [0.717, 1.165) is 55.7 Å². The molecule has 8 nitrogen and oxygen atoms in total. The molecular weight excluding hydrogens is 499 g/mol. The Morgan fingerprint density at radius 1 is 1.18 bits per heavy atom. The molecule has 1 saturated carbocycles. The van der Waals surface area contributed by atoms with Gasteiger partial charge in [-0.15, -0.1) is 0 Å². The van der Waals surface area contributed by atoms with Crippen LogP contribution in [0.4, 0.5) is 10.2 Å². The molecule has 39 heavy (non-hydrogen) atoms. The Hall–Kier alpha value is -3.04. The molecule has 1 aromatic heterocycles. The zero-order valence-corrected chi connectivity index (χ0v) is 22.8. The number of hydrogen-bond donors (Lipinski definition) is 3. The number of nitrogens with zero attached hydrogens (tertiary/aromatic N) is 2. The van der Waals surface area contributed by atoms with Gasteiger partial charge in [-0.2, -0.15) is 0 Å². The summed E-state index contributed by atoms with van der Waals surface area (Å²) >= 11 is 0. The number of anilines is 1. The van der Waals surface area contributed by atoms with E-state index in [-0.39, 0.29) is 12.3 Å². The fourth-order valence-corrected chi connectivity index (χ4v) is 5.31. The molecule has 1 amide bonds. The van der Waals surface area contributed by atoms with Gasteiger partial charge in [0.25, 0.3) is 0 Å². The Bertz CT molecular complexity index is 1090. The highest BCUT2D eigenvalue weighted by Crippen LogP contribution is 2.48. The summed E-state index contributed by atoms with van der Waals surface area (Å²) in [6.45, 7) is 1.80. The second-order valence-electron chi connectivity index (χ2n) is 10.7. The molecule has 3 N–H and O–H groups in total. The number of carboxylic acids is 1. The molecule has 1 aliphatic heterocycles. The minimum atomic E-state index is -1.06. The molecule has 0 saturated heterocycles. The lowest BCUT2D eigenvalue weighted by Gasteiger charge is -2.27. The zero-order valence-electron chi connectivity index (χ0n) is 22.8. The Morgan fingerprint density at radius 2 is 1.97 bits per heavy atom. The number of aliphatic carboxylic acids is 1. The van der Waals surface area contributed by atoms with Gasteiger partial charge in [0.05, 0.1) is 11.5 Å². The number of alkyl halides is 1. The number of ether oxygens (including phenoxy) is 1. The molecule has 0 spiro atoms. The average molecular weight is 541 g/mol. The SMILES string of the molecule is COC(CF)CN(CCCCc1ccc2c(n1)NCCC2)CCC(NC(=O)C1(c2ccccc2)CC1)C(=O)O. The number of carbonyl (C=O) groups is 2. The molecule has 2 aromatic rings. The lowest BCUT2D eigenvalue weighted by molar-refractivity contribution is -0.142. The molecule has 212 valence electrons. The molecule has 0 radical (unpaired) electrons. The average Bonchev–Trinajstić information content (AvgIpc) is 3.78. The van der Waals surface area contributed by atoms with Gasteiger partial charge in [0.1, 0.15) is 18.5 Å². The van der Waals surface area contributed by atoms with Gasteiger partial charge in [-0.05, 0) is 75.1 Å². The van der Waals surface area contributed by atoms with Crippen LogP contribution in [-0.4, -0.2) is 79.0 Å². The molecule has 2 heterocycles. The maximum Gasteiger partial charge on any atom is 0.326 e. The lowest BCUT2D eigenvalue weighted by Crippen LogP contribution is -2.47. The van der Waals surface area contributed by atoms with Crippen LogP contribution in [0.1, 0.15) is 55.3 Å². The molecule has 1 aromatic carbocycles. The third kappa shape index (κ3) is 7.76. The predicted molar refractivity (Wildman–Crippen MR) is 149 cm³/mol. The summed E-state index contributed by atoms with van der Waals surface area (Å²) < 4.78 is 18.7. The van der Waals surface area contributed by atoms with Crippen molar-refractivity contribution in [3.8, 4) is 0 Å². The number of nitrogens with one attached hydrogen (secondary N) is 2. The first-order valence-electron chi connectivity index (χ1n) is 14.1. The summed E-state index contributed by atoms with van der Waals surface area (Å²) in [6.07, 6.45) is 5.87. The number of pyridine rings is 1. The van der Waals surface area contributed by atoms with E-state index in [4.69, 9.17) is 9.72 Å². The minimum Gasteiger partial charge on any atom is -0.480 e. The van der Waals surface area contributed by atoms with Gasteiger partial charge in [-0.3, -0.25) is 4.79 Å². The van der Waals surface area contributed by atoms with Crippen molar-refractivity contribution in [3.63, 3.8) is 0 Å². The van der Waals surface area contributed by atoms with Crippen molar-refractivity contribution in [3.05, 3.63) is 59.3 Å². The lowest BCUT2D eigenvalue weighted by atomic mass is 9.94. The van der Waals surface area contributed by atoms with E-state index in [2.05, 4.69) is 22.8 Å². The number of fused-ring (bicyclic) bond motifs is 1. The molecule has 4 rings (SSSR count). The maximum atomic E-state index is 13.4. The van der Waals surface area contributed by atoms with Crippen LogP contribution >= 0.6 is 0 Å². The highest BCUT2D eigenvalue weighted by molar-refractivity contribution is 5.94. The normalized spacial score (nSPS) is 17.1. The van der Waals surface area contributed by atoms with E-state index in [1.54, 1.807) is 0 Å². The maximum absolute atomic E-state index is 13.4. The second kappa shape index (κ2) is 13.8. The molecule has 1 aliphatic carbocycles. The summed E-state index contributed by atoms with van der Waals surface area (Å²) in [5.74, 6) is -0.306. The number of unbranched alkanes of at least 4 members (excludes halogenated alkanes) is 1. The number of halogens is 1. The van der Waals surface area contributed by atoms with E-state index >= 15 is 0 Å². The summed E-state index contributed by atoms with van der Waals surface area (Å²) in [4.78, 5) is 32.0. The van der Waals surface area contributed by atoms with Crippen molar-refractivity contribution in [2.45, 2.75) is 68.9 Å². The van der Waals surface area contributed by atoms with Crippen LogP contribution in [0, 0.1) is 0 Å². The molecule has 0 bridgehead atoms. The Balaban J connectivity index is 1.30. The smallest absolute Gasteiger partial charge is 0.326 e. The number of methoxy groups -OCH3 is 1. The van der Waals surface area contributed by atoms with Gasteiger partial charge < -0.3 is 25.4 Å². The highest BCUT2D eigenvalue weighted by atomic mass is 19.1. The van der Waals surface area contributed by atoms with Gasteiger partial charge in [0.2, 0.25) is 5.91 Å². The standard InChI is InChI=1S/C30H41FN4O4/c1-39-25(20-31)21-35(18-6-5-11-24-13-12-22-8-7-17-32-27(22)33-24)19-14-26(28(36)37)34-29(38)30(15-16-30)23-9-3-2-4-10-23/h2-4,9-10,12-13,25-26H,5-8,11,14-21H2,1H3,(H,32,33)(H,34,38)(H,36,37). The van der Waals surface area contributed by atoms with Crippen LogP contribution in [0.5, 0.6) is 0 Å². The number of carboxylic acid groups (broad SMARTS) is 1. The minimum absolute atomic E-state index is 0.229. The molecule has 2 aliphatic rings. The van der Waals surface area contributed by atoms with E-state index in [9.17, 15) is 19.1 Å². The largest absolute Gasteiger partial charge is 0.480 e. The second-order valence-corrected chi connectivity index (χ2v) is 10.7. The highest BCUT2D eigenvalue weighted by Gasteiger charge is 2.51. The first-order chi connectivity index (χ1) is 18.9. The summed E-state index contributed by atoms with van der Waals surface area (Å²) in [5, 5.41) is 16.0. The van der Waals surface area contributed by atoms with Crippen LogP contribution in [0.3, 0.4) is 0 Å². The first-order valence-corrected chi connectivity index (χ1v) is 14.1. The van der Waals surface area contributed by atoms with E-state index in [1.807, 2.05) is 35.2 Å². The van der Waals surface area contributed by atoms with Crippen LogP contribution in [0.15, 0.2) is 42.5 Å². The van der Waals surface area contributed by atoms with Gasteiger partial charge in [0, 0.05) is 32.4 Å². The Morgan fingerprint density at radius 3 is 2.67 bits per heavy atom. The van der Waals surface area contributed by atoms with Crippen molar-refractivity contribution < 1.29 is 23.8 Å². The molecule has 1 fully saturated rings. The van der Waals surface area contributed by atoms with Crippen molar-refractivity contribution in [1.29, 1.82) is 0 Å². The Labute approximate surface area is 230 Å². The monoisotopic (exact) mass is 540 g/mol. The van der Waals surface area contributed by atoms with Gasteiger partial charge >= 0.3 is 5.97 Å². The van der Waals surface area contributed by atoms with Crippen molar-refractivity contribution in [2.75, 3.05) is 45.3 Å². The number of aromatic nitrogens is 1. The summed E-state index contributed by atoms with van der Waals surface area (Å²) in [7, 11) is 1.48. The van der Waals surface area contributed by atoms with E-state index in [0.29, 0.717) is 32.5 Å². The van der Waals surface area contributed by atoms with Gasteiger partial charge in [-0.25, -0.2) is 14.2 Å². The topological polar surface area (TPSA) is 104 Å². The number of benzene rings is 1. The van der Waals surface area contributed by atoms with Crippen LogP contribution < -0.4 is 10.6 Å². The summed E-state index contributed by atoms with van der Waals surface area (Å²) in [6, 6.07) is 12.8. The third-order valence-electron chi connectivity index (χ3n) is 7.92. The van der Waals surface area contributed by atoms with E-state index < -0.39 is 30.2 Å². The van der Waals surface area contributed by atoms with Crippen LogP contribution in [0.25, 0.3) is 0 Å². The molecule has 2 atom stereocenters. The van der Waals surface area contributed by atoms with Crippen molar-refractivity contribution in [2.24, 2.45) is 0 Å². The Kier molecular flexibility index (Phi) is 10.3. The fraction of sp³-hybridized carbons (Fsp3) is 0.567. The molecule has 9 heteroatoms. The van der Waals surface area contributed by atoms with Gasteiger partial charge in [-0.1, -0.05) is 36.4 Å². The zero-order chi connectivity index (χ0) is 27.7. The predicted octanol–water partition coefficient (Wildman–Crippen LogP) is 3.74. The quantitative estimate of drug-likeness (QED) is 0.279. The van der Waals surface area contributed by atoms with Crippen LogP contribution in [0.2, 0.25) is 0 Å². The number of amides is 1. The van der Waals surface area contributed by atoms with Gasteiger partial charge in [0.15, 0.2) is 0 Å². The van der Waals surface area contributed by atoms with Crippen LogP contribution in [-0.2, 0) is 32.6 Å². The third-order valence-corrected chi connectivity index (χ3v) is 7.92. The fourth-order valence-electron chi connectivity index (χ4n) is 5.31. The number of carbonyl (C=O) groups excluding carboxylic acids is 1. The van der Waals surface area contributed by atoms with Crippen molar-refractivity contribution in [1.82, 2.24) is 15.2 Å². The molecule has 2 unspecified atom stereocenters.